The van der Waals surface area contributed by atoms with E-state index in [1.165, 1.54) is 0 Å². The summed E-state index contributed by atoms with van der Waals surface area (Å²) in [5.74, 6) is 14.0. The highest BCUT2D eigenvalue weighted by molar-refractivity contribution is 7.99. The third-order valence-corrected chi connectivity index (χ3v) is 7.75. The Morgan fingerprint density at radius 1 is 0.848 bits per heavy atom. The van der Waals surface area contributed by atoms with Gasteiger partial charge in [-0.15, -0.1) is 11.8 Å². The molecule has 8 heteroatoms. The van der Waals surface area contributed by atoms with E-state index < -0.39 is 0 Å². The van der Waals surface area contributed by atoms with Crippen LogP contribution in [-0.4, -0.2) is 44.0 Å². The number of hydrogen-bond acceptors (Lipinski definition) is 6. The van der Waals surface area contributed by atoms with Gasteiger partial charge in [0.15, 0.2) is 6.61 Å². The predicted octanol–water partition coefficient (Wildman–Crippen LogP) is 6.66. The number of rotatable bonds is 11. The molecule has 3 aromatic carbocycles. The summed E-state index contributed by atoms with van der Waals surface area (Å²) in [5.41, 5.74) is 6.24. The lowest BCUT2D eigenvalue weighted by atomic mass is 9.96. The molecule has 0 aliphatic heterocycles. The summed E-state index contributed by atoms with van der Waals surface area (Å²) < 4.78 is 14.5. The van der Waals surface area contributed by atoms with Crippen LogP contribution in [0.15, 0.2) is 115 Å². The van der Waals surface area contributed by atoms with Gasteiger partial charge in [-0.25, -0.2) is 14.8 Å². The van der Waals surface area contributed by atoms with Crippen LogP contribution in [0.4, 0.5) is 0 Å². The van der Waals surface area contributed by atoms with Gasteiger partial charge in [-0.05, 0) is 78.6 Å². The van der Waals surface area contributed by atoms with Crippen LogP contribution < -0.4 is 4.74 Å². The summed E-state index contributed by atoms with van der Waals surface area (Å²) in [4.78, 5) is 20.9. The second-order valence-corrected chi connectivity index (χ2v) is 11.3. The second kappa shape index (κ2) is 16.6. The average molecular weight is 627 g/mol. The van der Waals surface area contributed by atoms with Crippen molar-refractivity contribution in [1.82, 2.24) is 19.1 Å². The molecule has 0 bridgehead atoms. The Morgan fingerprint density at radius 3 is 1.93 bits per heavy atom. The molecule has 0 radical (unpaired) electrons. The van der Waals surface area contributed by atoms with Gasteiger partial charge >= 0.3 is 5.97 Å². The minimum atomic E-state index is -0.373. The lowest BCUT2D eigenvalue weighted by Gasteiger charge is -2.11. The molecule has 46 heavy (non-hydrogen) atoms. The normalized spacial score (nSPS) is 10.2. The summed E-state index contributed by atoms with van der Waals surface area (Å²) in [7, 11) is 0. The highest BCUT2D eigenvalue weighted by Crippen LogP contribution is 2.29. The monoisotopic (exact) mass is 626 g/mol. The SMILES string of the molecule is CCOC(=O)COc1ccc(SCC=C(c2ccc(C#CCn3ccnc3)cc2)c2ccc(C#CCn3ccnc3)cc2)cc1C. The first-order valence-corrected chi connectivity index (χ1v) is 15.9. The number of carbonyl (C=O) groups is 1. The summed E-state index contributed by atoms with van der Waals surface area (Å²) in [6.07, 6.45) is 13.1. The van der Waals surface area contributed by atoms with Gasteiger partial charge in [-0.3, -0.25) is 0 Å². The molecule has 0 spiro atoms. The maximum Gasteiger partial charge on any atom is 0.344 e. The Labute approximate surface area is 274 Å². The molecule has 0 atom stereocenters. The van der Waals surface area contributed by atoms with Gasteiger partial charge in [-0.2, -0.15) is 0 Å². The Hall–Kier alpha value is -5.44. The molecule has 5 rings (SSSR count). The minimum absolute atomic E-state index is 0.1000. The number of thioether (sulfide) groups is 1. The van der Waals surface area contributed by atoms with E-state index in [-0.39, 0.29) is 12.6 Å². The van der Waals surface area contributed by atoms with E-state index in [2.05, 4.69) is 94.3 Å². The third kappa shape index (κ3) is 9.53. The molecule has 0 unspecified atom stereocenters. The Morgan fingerprint density at radius 2 is 1.43 bits per heavy atom. The summed E-state index contributed by atoms with van der Waals surface area (Å²) in [6.45, 7) is 5.19. The van der Waals surface area contributed by atoms with Crippen molar-refractivity contribution in [2.24, 2.45) is 0 Å². The van der Waals surface area contributed by atoms with Crippen molar-refractivity contribution in [1.29, 1.82) is 0 Å². The Bertz CT molecular complexity index is 1770. The number of carbonyl (C=O) groups excluding carboxylic acids is 1. The van der Waals surface area contributed by atoms with Crippen molar-refractivity contribution in [3.05, 3.63) is 138 Å². The molecule has 0 aliphatic carbocycles. The van der Waals surface area contributed by atoms with Crippen molar-refractivity contribution in [3.63, 3.8) is 0 Å². The first kappa shape index (κ1) is 32.0. The number of hydrogen-bond donors (Lipinski definition) is 0. The van der Waals surface area contributed by atoms with Crippen molar-refractivity contribution < 1.29 is 14.3 Å². The van der Waals surface area contributed by atoms with E-state index in [0.717, 1.165) is 44.0 Å². The summed E-state index contributed by atoms with van der Waals surface area (Å²) in [5, 5.41) is 0. The quantitative estimate of drug-likeness (QED) is 0.0928. The number of imidazole rings is 2. The predicted molar refractivity (Wildman–Crippen MR) is 182 cm³/mol. The molecule has 5 aromatic rings. The van der Waals surface area contributed by atoms with E-state index in [1.54, 1.807) is 43.7 Å². The second-order valence-electron chi connectivity index (χ2n) is 10.2. The smallest absolute Gasteiger partial charge is 0.344 e. The fraction of sp³-hybridized carbons (Fsp3) is 0.184. The lowest BCUT2D eigenvalue weighted by Crippen LogP contribution is -2.14. The van der Waals surface area contributed by atoms with Crippen LogP contribution in [0, 0.1) is 30.6 Å². The highest BCUT2D eigenvalue weighted by atomic mass is 32.2. The average Bonchev–Trinajstić information content (AvgIpc) is 3.79. The summed E-state index contributed by atoms with van der Waals surface area (Å²) >= 11 is 1.74. The van der Waals surface area contributed by atoms with E-state index in [1.807, 2.05) is 40.6 Å². The zero-order chi connectivity index (χ0) is 32.0. The van der Waals surface area contributed by atoms with Crippen LogP contribution in [0.25, 0.3) is 5.57 Å². The number of aryl methyl sites for hydroxylation is 1. The molecular weight excluding hydrogens is 593 g/mol. The van der Waals surface area contributed by atoms with Crippen LogP contribution >= 0.6 is 11.8 Å². The molecule has 7 nitrogen and oxygen atoms in total. The van der Waals surface area contributed by atoms with Crippen molar-refractivity contribution >= 4 is 23.3 Å². The molecule has 0 amide bonds. The molecule has 2 aromatic heterocycles. The molecular formula is C38H34N4O3S. The van der Waals surface area contributed by atoms with Crippen LogP contribution in [0.5, 0.6) is 5.75 Å². The van der Waals surface area contributed by atoms with Crippen molar-refractivity contribution in [3.8, 4) is 29.4 Å². The Balaban J connectivity index is 1.31. The van der Waals surface area contributed by atoms with Gasteiger partial charge in [0.1, 0.15) is 5.75 Å². The van der Waals surface area contributed by atoms with Crippen molar-refractivity contribution in [2.75, 3.05) is 19.0 Å². The van der Waals surface area contributed by atoms with Gasteiger partial charge in [0.05, 0.1) is 32.4 Å². The first-order valence-electron chi connectivity index (χ1n) is 14.9. The van der Waals surface area contributed by atoms with E-state index in [4.69, 9.17) is 9.47 Å². The van der Waals surface area contributed by atoms with E-state index in [0.29, 0.717) is 25.4 Å². The molecule has 0 N–H and O–H groups in total. The maximum absolute atomic E-state index is 11.7. The third-order valence-electron chi connectivity index (χ3n) is 6.83. The largest absolute Gasteiger partial charge is 0.482 e. The fourth-order valence-electron chi connectivity index (χ4n) is 4.53. The molecule has 0 aliphatic rings. The standard InChI is InChI=1S/C38H34N4O3S/c1-3-44-38(43)27-45-37-17-16-35(26-30(37)2)46-25-18-36(33-12-8-31(9-13-33)6-4-21-41-23-19-39-28-41)34-14-10-32(11-15-34)7-5-22-42-24-20-40-29-42/h8-20,23-24,26,28-29H,3,21-22,25,27H2,1-2H3. The minimum Gasteiger partial charge on any atom is -0.482 e. The number of aromatic nitrogens is 4. The summed E-state index contributed by atoms with van der Waals surface area (Å²) in [6, 6.07) is 22.7. The molecule has 0 fully saturated rings. The van der Waals surface area contributed by atoms with E-state index >= 15 is 0 Å². The molecule has 2 heterocycles. The fourth-order valence-corrected chi connectivity index (χ4v) is 5.40. The van der Waals surface area contributed by atoms with Crippen LogP contribution in [-0.2, 0) is 22.6 Å². The lowest BCUT2D eigenvalue weighted by molar-refractivity contribution is -0.145. The van der Waals surface area contributed by atoms with Crippen molar-refractivity contribution in [2.45, 2.75) is 31.8 Å². The van der Waals surface area contributed by atoms with Gasteiger partial charge in [0.25, 0.3) is 0 Å². The zero-order valence-corrected chi connectivity index (χ0v) is 26.7. The molecule has 0 saturated heterocycles. The topological polar surface area (TPSA) is 71.2 Å². The molecule has 0 saturated carbocycles. The van der Waals surface area contributed by atoms with Crippen LogP contribution in [0.1, 0.15) is 34.7 Å². The number of ether oxygens (including phenoxy) is 2. The highest BCUT2D eigenvalue weighted by Gasteiger charge is 2.08. The van der Waals surface area contributed by atoms with Gasteiger partial charge in [-0.1, -0.05) is 54.0 Å². The van der Waals surface area contributed by atoms with Crippen LogP contribution in [0.3, 0.4) is 0 Å². The maximum atomic E-state index is 11.7. The van der Waals surface area contributed by atoms with E-state index in [9.17, 15) is 4.79 Å². The van der Waals surface area contributed by atoms with Gasteiger partial charge in [0.2, 0.25) is 0 Å². The number of benzene rings is 3. The number of nitrogens with zero attached hydrogens (tertiary/aromatic N) is 4. The first-order chi connectivity index (χ1) is 22.6. The van der Waals surface area contributed by atoms with Crippen LogP contribution in [0.2, 0.25) is 0 Å². The van der Waals surface area contributed by atoms with Gasteiger partial charge in [0, 0.05) is 46.6 Å². The molecule has 230 valence electrons. The zero-order valence-electron chi connectivity index (χ0n) is 25.8. The van der Waals surface area contributed by atoms with Gasteiger partial charge < -0.3 is 18.6 Å². The number of esters is 1. The Kier molecular flexibility index (Phi) is 11.5.